The molecule has 0 radical (unpaired) electrons. The molecule has 0 saturated heterocycles. The second-order valence-electron chi connectivity index (χ2n) is 4.47. The lowest BCUT2D eigenvalue weighted by atomic mass is 10.3. The zero-order valence-electron chi connectivity index (χ0n) is 10.8. The smallest absolute Gasteiger partial charge is 0.308 e. The van der Waals surface area contributed by atoms with Crippen LogP contribution < -0.4 is 10.2 Å². The molecule has 3 rings (SSSR count). The molecule has 0 saturated carbocycles. The minimum absolute atomic E-state index is 0.194. The maximum Gasteiger partial charge on any atom is 0.326 e. The topological polar surface area (TPSA) is 49.4 Å². The van der Waals surface area contributed by atoms with E-state index in [1.807, 2.05) is 54.6 Å². The van der Waals surface area contributed by atoms with E-state index in [2.05, 4.69) is 5.32 Å². The lowest BCUT2D eigenvalue weighted by Gasteiger charge is -2.28. The highest BCUT2D eigenvalue weighted by atomic mass is 32.2. The van der Waals surface area contributed by atoms with Crippen molar-refractivity contribution in [2.75, 3.05) is 22.5 Å². The summed E-state index contributed by atoms with van der Waals surface area (Å²) in [5, 5.41) is 2.86. The lowest BCUT2D eigenvalue weighted by molar-refractivity contribution is 0.257. The van der Waals surface area contributed by atoms with Crippen molar-refractivity contribution in [3.63, 3.8) is 0 Å². The van der Waals surface area contributed by atoms with Crippen molar-refractivity contribution < 1.29 is 9.00 Å². The van der Waals surface area contributed by atoms with Crippen LogP contribution in [0.3, 0.4) is 0 Å². The number of carbonyl (C=O) groups is 1. The Bertz CT molecular complexity index is 658. The maximum atomic E-state index is 12.4. The highest BCUT2D eigenvalue weighted by Crippen LogP contribution is 2.28. The van der Waals surface area contributed by atoms with E-state index in [1.165, 1.54) is 0 Å². The molecule has 4 nitrogen and oxygen atoms in total. The SMILES string of the molecule is O=C(Nc1ccccc1)N1CCS(=O)c2ccccc21. The molecule has 0 bridgehead atoms. The van der Waals surface area contributed by atoms with E-state index in [-0.39, 0.29) is 6.03 Å². The number of para-hydroxylation sites is 2. The molecule has 1 heterocycles. The van der Waals surface area contributed by atoms with Crippen LogP contribution >= 0.6 is 0 Å². The summed E-state index contributed by atoms with van der Waals surface area (Å²) in [6.07, 6.45) is 0. The second-order valence-corrected chi connectivity index (χ2v) is 6.00. The van der Waals surface area contributed by atoms with Gasteiger partial charge in [-0.25, -0.2) is 4.79 Å². The third-order valence-electron chi connectivity index (χ3n) is 3.17. The van der Waals surface area contributed by atoms with Gasteiger partial charge in [-0.2, -0.15) is 0 Å². The van der Waals surface area contributed by atoms with Crippen LogP contribution in [0.2, 0.25) is 0 Å². The Morgan fingerprint density at radius 1 is 1.05 bits per heavy atom. The molecular formula is C15H14N2O2S. The van der Waals surface area contributed by atoms with Gasteiger partial charge in [-0.05, 0) is 24.3 Å². The number of carbonyl (C=O) groups excluding carboxylic acids is 1. The number of amides is 2. The standard InChI is InChI=1S/C15H14N2O2S/c18-15(16-12-6-2-1-3-7-12)17-10-11-20(19)14-9-5-4-8-13(14)17/h1-9H,10-11H2,(H,16,18). The number of hydrogen-bond donors (Lipinski definition) is 1. The van der Waals surface area contributed by atoms with Gasteiger partial charge in [0.2, 0.25) is 0 Å². The summed E-state index contributed by atoms with van der Waals surface area (Å²) in [6, 6.07) is 16.5. The molecule has 1 aliphatic rings. The Kier molecular flexibility index (Phi) is 3.52. The van der Waals surface area contributed by atoms with Gasteiger partial charge in [-0.1, -0.05) is 30.3 Å². The monoisotopic (exact) mass is 286 g/mol. The van der Waals surface area contributed by atoms with E-state index in [9.17, 15) is 9.00 Å². The Morgan fingerprint density at radius 2 is 1.75 bits per heavy atom. The van der Waals surface area contributed by atoms with Crippen LogP contribution in [0.1, 0.15) is 0 Å². The number of fused-ring (bicyclic) bond motifs is 1. The van der Waals surface area contributed by atoms with Crippen molar-refractivity contribution in [3.05, 3.63) is 54.6 Å². The number of nitrogens with zero attached hydrogens (tertiary/aromatic N) is 1. The molecule has 2 aromatic rings. The van der Waals surface area contributed by atoms with E-state index in [1.54, 1.807) is 4.90 Å². The van der Waals surface area contributed by atoms with Gasteiger partial charge in [0.15, 0.2) is 0 Å². The molecule has 0 aliphatic carbocycles. The average Bonchev–Trinajstić information content (AvgIpc) is 2.49. The van der Waals surface area contributed by atoms with Crippen molar-refractivity contribution in [1.29, 1.82) is 0 Å². The number of urea groups is 1. The zero-order chi connectivity index (χ0) is 13.9. The Morgan fingerprint density at radius 3 is 2.55 bits per heavy atom. The van der Waals surface area contributed by atoms with Gasteiger partial charge < -0.3 is 5.32 Å². The molecule has 2 aromatic carbocycles. The lowest BCUT2D eigenvalue weighted by Crippen LogP contribution is -2.41. The fourth-order valence-electron chi connectivity index (χ4n) is 2.20. The Balaban J connectivity index is 1.86. The van der Waals surface area contributed by atoms with E-state index in [4.69, 9.17) is 0 Å². The number of anilines is 2. The minimum Gasteiger partial charge on any atom is -0.308 e. The van der Waals surface area contributed by atoms with Crippen molar-refractivity contribution in [2.24, 2.45) is 0 Å². The van der Waals surface area contributed by atoms with Crippen LogP contribution in [0.4, 0.5) is 16.2 Å². The van der Waals surface area contributed by atoms with Gasteiger partial charge in [0, 0.05) is 18.0 Å². The number of benzene rings is 2. The number of hydrogen-bond acceptors (Lipinski definition) is 2. The van der Waals surface area contributed by atoms with Gasteiger partial charge in [-0.3, -0.25) is 9.11 Å². The van der Waals surface area contributed by atoms with Gasteiger partial charge in [0.25, 0.3) is 0 Å². The van der Waals surface area contributed by atoms with Crippen LogP contribution in [0.25, 0.3) is 0 Å². The largest absolute Gasteiger partial charge is 0.326 e. The van der Waals surface area contributed by atoms with Crippen LogP contribution in [-0.4, -0.2) is 22.5 Å². The maximum absolute atomic E-state index is 12.4. The predicted octanol–water partition coefficient (Wildman–Crippen LogP) is 2.85. The van der Waals surface area contributed by atoms with Crippen molar-refractivity contribution in [2.45, 2.75) is 4.90 Å². The van der Waals surface area contributed by atoms with Crippen molar-refractivity contribution in [1.82, 2.24) is 0 Å². The normalized spacial score (nSPS) is 17.4. The van der Waals surface area contributed by atoms with E-state index in [0.717, 1.165) is 16.3 Å². The Hall–Kier alpha value is -2.14. The summed E-state index contributed by atoms with van der Waals surface area (Å²) in [7, 11) is -1.02. The van der Waals surface area contributed by atoms with Gasteiger partial charge in [0.05, 0.1) is 21.4 Å². The molecule has 1 N–H and O–H groups in total. The summed E-state index contributed by atoms with van der Waals surface area (Å²) in [4.78, 5) is 14.7. The third-order valence-corrected chi connectivity index (χ3v) is 4.56. The molecule has 0 spiro atoms. The molecule has 1 atom stereocenters. The summed E-state index contributed by atoms with van der Waals surface area (Å²) in [5.74, 6) is 0.471. The fourth-order valence-corrected chi connectivity index (χ4v) is 3.41. The van der Waals surface area contributed by atoms with E-state index < -0.39 is 10.8 Å². The predicted molar refractivity (Wildman–Crippen MR) is 80.5 cm³/mol. The minimum atomic E-state index is -1.02. The summed E-state index contributed by atoms with van der Waals surface area (Å²) in [5.41, 5.74) is 1.48. The van der Waals surface area contributed by atoms with Crippen LogP contribution in [0, 0.1) is 0 Å². The third kappa shape index (κ3) is 2.44. The molecule has 2 amide bonds. The Labute approximate surface area is 119 Å². The van der Waals surface area contributed by atoms with Crippen molar-refractivity contribution >= 4 is 28.2 Å². The van der Waals surface area contributed by atoms with Crippen LogP contribution in [0.15, 0.2) is 59.5 Å². The highest BCUT2D eigenvalue weighted by molar-refractivity contribution is 7.85. The fraction of sp³-hybridized carbons (Fsp3) is 0.133. The van der Waals surface area contributed by atoms with E-state index >= 15 is 0 Å². The molecule has 20 heavy (non-hydrogen) atoms. The van der Waals surface area contributed by atoms with Gasteiger partial charge >= 0.3 is 6.03 Å². The summed E-state index contributed by atoms with van der Waals surface area (Å²) >= 11 is 0. The first kappa shape index (κ1) is 12.9. The van der Waals surface area contributed by atoms with Crippen molar-refractivity contribution in [3.8, 4) is 0 Å². The molecule has 1 aliphatic heterocycles. The first-order chi connectivity index (χ1) is 9.75. The first-order valence-electron chi connectivity index (χ1n) is 6.37. The molecule has 0 fully saturated rings. The van der Waals surface area contributed by atoms with Gasteiger partial charge in [-0.15, -0.1) is 0 Å². The molecule has 1 unspecified atom stereocenters. The molecular weight excluding hydrogens is 272 g/mol. The summed E-state index contributed by atoms with van der Waals surface area (Å²) in [6.45, 7) is 0.461. The first-order valence-corrected chi connectivity index (χ1v) is 7.68. The van der Waals surface area contributed by atoms with Gasteiger partial charge in [0.1, 0.15) is 0 Å². The van der Waals surface area contributed by atoms with Crippen LogP contribution in [0.5, 0.6) is 0 Å². The average molecular weight is 286 g/mol. The molecule has 0 aromatic heterocycles. The summed E-state index contributed by atoms with van der Waals surface area (Å²) < 4.78 is 12.0. The molecule has 5 heteroatoms. The number of rotatable bonds is 1. The second kappa shape index (κ2) is 5.46. The van der Waals surface area contributed by atoms with Crippen LogP contribution in [-0.2, 0) is 10.8 Å². The highest BCUT2D eigenvalue weighted by Gasteiger charge is 2.26. The number of nitrogens with one attached hydrogen (secondary N) is 1. The van der Waals surface area contributed by atoms with E-state index in [0.29, 0.717) is 12.3 Å². The molecule has 102 valence electrons. The zero-order valence-corrected chi connectivity index (χ0v) is 11.6. The quantitative estimate of drug-likeness (QED) is 0.876.